The van der Waals surface area contributed by atoms with E-state index in [2.05, 4.69) is 26.5 Å². The van der Waals surface area contributed by atoms with Crippen molar-refractivity contribution in [1.82, 2.24) is 0 Å². The van der Waals surface area contributed by atoms with Crippen molar-refractivity contribution in [2.45, 2.75) is 20.3 Å². The summed E-state index contributed by atoms with van der Waals surface area (Å²) in [5.74, 6) is 0.108. The Balaban J connectivity index is 2.50. The lowest BCUT2D eigenvalue weighted by Crippen LogP contribution is -2.20. The first kappa shape index (κ1) is 10.4. The molecular formula is C13H14OS. The van der Waals surface area contributed by atoms with E-state index < -0.39 is 0 Å². The normalized spacial score (nSPS) is 20.3. The number of Topliss-reactive ketones (excluding diaryl/α,β-unsaturated/α-hetero) is 1. The van der Waals surface area contributed by atoms with Crippen LogP contribution in [0.1, 0.15) is 25.1 Å². The zero-order valence-electron chi connectivity index (χ0n) is 9.04. The third kappa shape index (κ3) is 1.95. The molecule has 15 heavy (non-hydrogen) atoms. The third-order valence-electron chi connectivity index (χ3n) is 2.56. The number of hydrogen-bond acceptors (Lipinski definition) is 2. The Morgan fingerprint density at radius 2 is 2.20 bits per heavy atom. The van der Waals surface area contributed by atoms with Crippen LogP contribution in [0.4, 0.5) is 0 Å². The van der Waals surface area contributed by atoms with E-state index >= 15 is 0 Å². The fraction of sp³-hybridized carbons (Fsp3) is 0.308. The molecule has 0 saturated carbocycles. The largest absolute Gasteiger partial charge is 0.289 e. The Hall–Kier alpha value is -1.15. The third-order valence-corrected chi connectivity index (χ3v) is 3.46. The lowest BCUT2D eigenvalue weighted by Gasteiger charge is -2.27. The van der Waals surface area contributed by atoms with E-state index in [1.54, 1.807) is 11.3 Å². The highest BCUT2D eigenvalue weighted by atomic mass is 32.1. The van der Waals surface area contributed by atoms with Gasteiger partial charge in [0.2, 0.25) is 0 Å². The molecule has 0 saturated heterocycles. The highest BCUT2D eigenvalue weighted by molar-refractivity contribution is 7.11. The van der Waals surface area contributed by atoms with Crippen molar-refractivity contribution in [2.24, 2.45) is 5.41 Å². The summed E-state index contributed by atoms with van der Waals surface area (Å²) in [6.45, 7) is 8.14. The fourth-order valence-electron chi connectivity index (χ4n) is 1.94. The van der Waals surface area contributed by atoms with Crippen LogP contribution < -0.4 is 0 Å². The molecule has 0 atom stereocenters. The smallest absolute Gasteiger partial charge is 0.189 e. The molecule has 1 aromatic heterocycles. The first-order valence-corrected chi connectivity index (χ1v) is 5.87. The molecule has 1 aromatic rings. The number of hydrogen-bond donors (Lipinski definition) is 0. The fourth-order valence-corrected chi connectivity index (χ4v) is 2.68. The zero-order chi connectivity index (χ0) is 11.1. The molecule has 2 rings (SSSR count). The van der Waals surface area contributed by atoms with Gasteiger partial charge in [-0.1, -0.05) is 32.6 Å². The first-order valence-electron chi connectivity index (χ1n) is 4.99. The summed E-state index contributed by atoms with van der Waals surface area (Å²) in [5.41, 5.74) is 1.60. The minimum Gasteiger partial charge on any atom is -0.289 e. The summed E-state index contributed by atoms with van der Waals surface area (Å²) in [7, 11) is 0. The van der Waals surface area contributed by atoms with Gasteiger partial charge in [0.1, 0.15) is 0 Å². The van der Waals surface area contributed by atoms with Crippen molar-refractivity contribution < 1.29 is 4.79 Å². The topological polar surface area (TPSA) is 17.1 Å². The predicted molar refractivity (Wildman–Crippen MR) is 64.8 cm³/mol. The molecule has 0 amide bonds. The average molecular weight is 218 g/mol. The first-order chi connectivity index (χ1) is 6.99. The van der Waals surface area contributed by atoms with E-state index in [9.17, 15) is 4.79 Å². The molecule has 1 heterocycles. The van der Waals surface area contributed by atoms with E-state index in [0.717, 1.165) is 22.4 Å². The van der Waals surface area contributed by atoms with Crippen LogP contribution in [0.15, 0.2) is 35.7 Å². The van der Waals surface area contributed by atoms with E-state index in [4.69, 9.17) is 0 Å². The number of thiophene rings is 1. The number of carbonyl (C=O) groups excluding carboxylic acids is 1. The molecule has 0 N–H and O–H groups in total. The summed E-state index contributed by atoms with van der Waals surface area (Å²) in [6.07, 6.45) is 2.84. The van der Waals surface area contributed by atoms with Crippen LogP contribution in [-0.2, 0) is 4.79 Å². The van der Waals surface area contributed by atoms with Gasteiger partial charge in [-0.15, -0.1) is 11.3 Å². The van der Waals surface area contributed by atoms with Gasteiger partial charge in [-0.2, -0.15) is 0 Å². The minimum absolute atomic E-state index is 0.0459. The van der Waals surface area contributed by atoms with Crippen molar-refractivity contribution in [1.29, 1.82) is 0 Å². The van der Waals surface area contributed by atoms with Crippen LogP contribution in [0, 0.1) is 5.41 Å². The number of rotatable bonds is 1. The number of carbonyl (C=O) groups is 1. The van der Waals surface area contributed by atoms with Crippen LogP contribution in [-0.4, -0.2) is 5.78 Å². The molecule has 1 aliphatic carbocycles. The Morgan fingerprint density at radius 1 is 1.47 bits per heavy atom. The van der Waals surface area contributed by atoms with Gasteiger partial charge in [-0.25, -0.2) is 0 Å². The van der Waals surface area contributed by atoms with E-state index in [0.29, 0.717) is 0 Å². The Kier molecular flexibility index (Phi) is 2.39. The predicted octanol–water partition coefficient (Wildman–Crippen LogP) is 3.69. The summed E-state index contributed by atoms with van der Waals surface area (Å²) < 4.78 is 0. The molecule has 78 valence electrons. The molecule has 0 aliphatic heterocycles. The molecule has 2 heteroatoms. The minimum atomic E-state index is 0.0459. The molecule has 0 fully saturated rings. The summed E-state index contributed by atoms with van der Waals surface area (Å²) in [6, 6.07) is 3.96. The Labute approximate surface area is 94.1 Å². The second-order valence-electron chi connectivity index (χ2n) is 4.63. The van der Waals surface area contributed by atoms with Crippen LogP contribution >= 0.6 is 11.3 Å². The maximum absolute atomic E-state index is 12.0. The van der Waals surface area contributed by atoms with E-state index in [1.807, 2.05) is 17.5 Å². The zero-order valence-corrected chi connectivity index (χ0v) is 9.86. The lowest BCUT2D eigenvalue weighted by molar-refractivity contribution is -0.111. The van der Waals surface area contributed by atoms with Gasteiger partial charge in [-0.3, -0.25) is 4.79 Å². The summed E-state index contributed by atoms with van der Waals surface area (Å²) in [4.78, 5) is 13.0. The molecule has 0 unspecified atom stereocenters. The van der Waals surface area contributed by atoms with E-state index in [1.165, 1.54) is 0 Å². The van der Waals surface area contributed by atoms with Crippen molar-refractivity contribution in [3.63, 3.8) is 0 Å². The maximum Gasteiger partial charge on any atom is 0.189 e. The van der Waals surface area contributed by atoms with Gasteiger partial charge in [0, 0.05) is 10.5 Å². The molecule has 1 aliphatic rings. The molecule has 0 spiro atoms. The van der Waals surface area contributed by atoms with Crippen molar-refractivity contribution in [3.05, 3.63) is 40.6 Å². The molecule has 0 radical (unpaired) electrons. The standard InChI is InChI=1S/C13H14OS/c1-9-7-13(2,3)8-10(12(9)14)11-5-4-6-15-11/h4-6,8H,1,7H2,2-3H3. The number of allylic oxidation sites excluding steroid dienone is 3. The molecule has 1 nitrogen and oxygen atoms in total. The van der Waals surface area contributed by atoms with Crippen LogP contribution in [0.5, 0.6) is 0 Å². The average Bonchev–Trinajstić information content (AvgIpc) is 2.63. The van der Waals surface area contributed by atoms with Crippen LogP contribution in [0.3, 0.4) is 0 Å². The van der Waals surface area contributed by atoms with Gasteiger partial charge >= 0.3 is 0 Å². The highest BCUT2D eigenvalue weighted by Gasteiger charge is 2.29. The molecule has 0 aromatic carbocycles. The molecular weight excluding hydrogens is 204 g/mol. The lowest BCUT2D eigenvalue weighted by atomic mass is 9.76. The van der Waals surface area contributed by atoms with Gasteiger partial charge in [0.25, 0.3) is 0 Å². The quantitative estimate of drug-likeness (QED) is 0.657. The van der Waals surface area contributed by atoms with Gasteiger partial charge in [0.05, 0.1) is 0 Å². The van der Waals surface area contributed by atoms with Gasteiger partial charge in [-0.05, 0) is 28.9 Å². The second-order valence-corrected chi connectivity index (χ2v) is 5.58. The van der Waals surface area contributed by atoms with Crippen LogP contribution in [0.2, 0.25) is 0 Å². The van der Waals surface area contributed by atoms with E-state index in [-0.39, 0.29) is 11.2 Å². The SMILES string of the molecule is C=C1CC(C)(C)C=C(c2cccs2)C1=O. The maximum atomic E-state index is 12.0. The monoisotopic (exact) mass is 218 g/mol. The second kappa shape index (κ2) is 3.46. The summed E-state index contributed by atoms with van der Waals surface area (Å²) >= 11 is 1.61. The Morgan fingerprint density at radius 3 is 2.80 bits per heavy atom. The van der Waals surface area contributed by atoms with Gasteiger partial charge in [0.15, 0.2) is 5.78 Å². The van der Waals surface area contributed by atoms with Crippen molar-refractivity contribution in [3.8, 4) is 0 Å². The van der Waals surface area contributed by atoms with Crippen LogP contribution in [0.25, 0.3) is 5.57 Å². The molecule has 0 bridgehead atoms. The van der Waals surface area contributed by atoms with Crippen molar-refractivity contribution in [2.75, 3.05) is 0 Å². The van der Waals surface area contributed by atoms with Gasteiger partial charge < -0.3 is 0 Å². The number of ketones is 1. The highest BCUT2D eigenvalue weighted by Crippen LogP contribution is 2.38. The summed E-state index contributed by atoms with van der Waals surface area (Å²) in [5, 5.41) is 1.99. The van der Waals surface area contributed by atoms with Crippen molar-refractivity contribution >= 4 is 22.7 Å². The Bertz CT molecular complexity index is 435.